The average Bonchev–Trinajstić information content (AvgIpc) is 2.87. The average molecular weight is 510 g/mol. The zero-order valence-electron chi connectivity index (χ0n) is 21.1. The molecule has 0 atom stereocenters. The number of benzene rings is 3. The monoisotopic (exact) mass is 509 g/mol. The Hall–Kier alpha value is -3.85. The van der Waals surface area contributed by atoms with Crippen molar-refractivity contribution >= 4 is 27.3 Å². The fourth-order valence-electron chi connectivity index (χ4n) is 3.79. The highest BCUT2D eigenvalue weighted by atomic mass is 32.2. The van der Waals surface area contributed by atoms with Gasteiger partial charge in [-0.2, -0.15) is 5.10 Å². The number of carbonyl (C=O) groups is 1. The minimum atomic E-state index is -4.00. The van der Waals surface area contributed by atoms with E-state index in [-0.39, 0.29) is 4.90 Å². The second kappa shape index (κ2) is 11.7. The summed E-state index contributed by atoms with van der Waals surface area (Å²) in [6.07, 6.45) is 0.527. The Balaban J connectivity index is 1.91. The van der Waals surface area contributed by atoms with Crippen LogP contribution in [-0.2, 0) is 14.8 Å². The van der Waals surface area contributed by atoms with Crippen molar-refractivity contribution in [3.8, 4) is 11.5 Å². The van der Waals surface area contributed by atoms with Crippen molar-refractivity contribution in [2.75, 3.05) is 25.1 Å². The summed E-state index contributed by atoms with van der Waals surface area (Å²) < 4.78 is 38.8. The highest BCUT2D eigenvalue weighted by Gasteiger charge is 2.27. The molecule has 0 spiro atoms. The summed E-state index contributed by atoms with van der Waals surface area (Å²) in [6.45, 7) is 5.23. The lowest BCUT2D eigenvalue weighted by Gasteiger charge is -2.24. The third-order valence-corrected chi connectivity index (χ3v) is 7.27. The Bertz CT molecular complexity index is 1330. The molecule has 0 bridgehead atoms. The molecule has 3 aromatic carbocycles. The van der Waals surface area contributed by atoms with Gasteiger partial charge in [-0.3, -0.25) is 9.10 Å². The molecule has 0 radical (unpaired) electrons. The minimum Gasteiger partial charge on any atom is -0.493 e. The first-order valence-corrected chi connectivity index (χ1v) is 12.9. The Labute approximate surface area is 212 Å². The Morgan fingerprint density at radius 1 is 0.917 bits per heavy atom. The van der Waals surface area contributed by atoms with Gasteiger partial charge in [-0.25, -0.2) is 13.8 Å². The molecule has 0 fully saturated rings. The maximum Gasteiger partial charge on any atom is 0.264 e. The standard InChI is InChI=1S/C27H31N3O5S/c1-6-24(21-12-13-25(34-4)26(17-21)35-5)28-29-27(31)18-30(22-15-19(2)14-20(3)16-22)36(32,33)23-10-8-7-9-11-23/h7-17H,6,18H2,1-5H3,(H,29,31)/b28-24+. The molecule has 36 heavy (non-hydrogen) atoms. The molecule has 0 aliphatic carbocycles. The number of hydrogen-bond acceptors (Lipinski definition) is 6. The van der Waals surface area contributed by atoms with E-state index in [0.29, 0.717) is 29.3 Å². The fourth-order valence-corrected chi connectivity index (χ4v) is 5.21. The van der Waals surface area contributed by atoms with Crippen molar-refractivity contribution in [1.82, 2.24) is 5.43 Å². The molecule has 0 saturated heterocycles. The van der Waals surface area contributed by atoms with Crippen LogP contribution in [0.5, 0.6) is 11.5 Å². The van der Waals surface area contributed by atoms with Crippen molar-refractivity contribution in [2.24, 2.45) is 5.10 Å². The molecule has 0 saturated carbocycles. The predicted molar refractivity (Wildman–Crippen MR) is 141 cm³/mol. The third kappa shape index (κ3) is 6.23. The molecular formula is C27H31N3O5S. The van der Waals surface area contributed by atoms with E-state index in [9.17, 15) is 13.2 Å². The number of hydrazone groups is 1. The van der Waals surface area contributed by atoms with Crippen molar-refractivity contribution in [1.29, 1.82) is 0 Å². The van der Waals surface area contributed by atoms with Crippen LogP contribution in [0.25, 0.3) is 0 Å². The zero-order valence-corrected chi connectivity index (χ0v) is 21.9. The summed E-state index contributed by atoms with van der Waals surface area (Å²) in [5, 5.41) is 4.28. The number of hydrogen-bond donors (Lipinski definition) is 1. The summed E-state index contributed by atoms with van der Waals surface area (Å²) in [6, 6.07) is 18.8. The molecule has 1 N–H and O–H groups in total. The van der Waals surface area contributed by atoms with Gasteiger partial charge in [-0.1, -0.05) is 31.2 Å². The van der Waals surface area contributed by atoms with E-state index in [1.54, 1.807) is 56.7 Å². The summed E-state index contributed by atoms with van der Waals surface area (Å²) in [4.78, 5) is 13.1. The van der Waals surface area contributed by atoms with Crippen LogP contribution in [0.1, 0.15) is 30.0 Å². The molecule has 190 valence electrons. The SMILES string of the molecule is CC/C(=N\NC(=O)CN(c1cc(C)cc(C)c1)S(=O)(=O)c1ccccc1)c1ccc(OC)c(OC)c1. The van der Waals surface area contributed by atoms with Gasteiger partial charge < -0.3 is 9.47 Å². The van der Waals surface area contributed by atoms with Crippen LogP contribution in [0.2, 0.25) is 0 Å². The van der Waals surface area contributed by atoms with Crippen LogP contribution in [0.15, 0.2) is 76.7 Å². The maximum atomic E-state index is 13.5. The Kier molecular flexibility index (Phi) is 8.71. The van der Waals surface area contributed by atoms with E-state index in [1.165, 1.54) is 12.1 Å². The van der Waals surface area contributed by atoms with Gasteiger partial charge in [0.15, 0.2) is 11.5 Å². The summed E-state index contributed by atoms with van der Waals surface area (Å²) in [5.74, 6) is 0.550. The molecule has 3 aromatic rings. The minimum absolute atomic E-state index is 0.0973. The van der Waals surface area contributed by atoms with Gasteiger partial charge in [0.25, 0.3) is 15.9 Å². The Morgan fingerprint density at radius 3 is 2.14 bits per heavy atom. The van der Waals surface area contributed by atoms with Crippen molar-refractivity contribution in [3.63, 3.8) is 0 Å². The number of aryl methyl sites for hydroxylation is 2. The maximum absolute atomic E-state index is 13.5. The van der Waals surface area contributed by atoms with Crippen molar-refractivity contribution in [2.45, 2.75) is 32.1 Å². The van der Waals surface area contributed by atoms with Gasteiger partial charge in [-0.15, -0.1) is 0 Å². The number of methoxy groups -OCH3 is 2. The van der Waals surface area contributed by atoms with E-state index < -0.39 is 22.5 Å². The number of nitrogens with one attached hydrogen (secondary N) is 1. The summed E-state index contributed by atoms with van der Waals surface area (Å²) >= 11 is 0. The lowest BCUT2D eigenvalue weighted by Crippen LogP contribution is -2.40. The first-order chi connectivity index (χ1) is 17.2. The van der Waals surface area contributed by atoms with E-state index in [1.807, 2.05) is 32.9 Å². The third-order valence-electron chi connectivity index (χ3n) is 5.48. The highest BCUT2D eigenvalue weighted by Crippen LogP contribution is 2.28. The van der Waals surface area contributed by atoms with E-state index in [0.717, 1.165) is 21.0 Å². The molecule has 0 unspecified atom stereocenters. The van der Waals surface area contributed by atoms with Crippen molar-refractivity contribution in [3.05, 3.63) is 83.4 Å². The van der Waals surface area contributed by atoms with Crippen molar-refractivity contribution < 1.29 is 22.7 Å². The molecule has 0 heterocycles. The lowest BCUT2D eigenvalue weighted by molar-refractivity contribution is -0.119. The molecule has 0 aromatic heterocycles. The predicted octanol–water partition coefficient (Wildman–Crippen LogP) is 4.45. The first-order valence-electron chi connectivity index (χ1n) is 11.4. The van der Waals surface area contributed by atoms with Crippen LogP contribution < -0.4 is 19.2 Å². The van der Waals surface area contributed by atoms with Gasteiger partial charge in [-0.05, 0) is 73.9 Å². The number of nitrogens with zero attached hydrogens (tertiary/aromatic N) is 2. The molecule has 0 aliphatic rings. The van der Waals surface area contributed by atoms with E-state index in [4.69, 9.17) is 9.47 Å². The summed E-state index contributed by atoms with van der Waals surface area (Å²) in [5.41, 5.74) is 6.06. The second-order valence-electron chi connectivity index (χ2n) is 8.19. The topological polar surface area (TPSA) is 97.3 Å². The first kappa shape index (κ1) is 26.7. The van der Waals surface area contributed by atoms with Gasteiger partial charge in [0.2, 0.25) is 0 Å². The van der Waals surface area contributed by atoms with Crippen LogP contribution in [0.3, 0.4) is 0 Å². The van der Waals surface area contributed by atoms with E-state index >= 15 is 0 Å². The number of sulfonamides is 1. The number of carbonyl (C=O) groups excluding carboxylic acids is 1. The van der Waals surface area contributed by atoms with E-state index in [2.05, 4.69) is 10.5 Å². The largest absolute Gasteiger partial charge is 0.493 e. The van der Waals surface area contributed by atoms with Crippen LogP contribution in [-0.4, -0.2) is 40.8 Å². The van der Waals surface area contributed by atoms with Gasteiger partial charge in [0.05, 0.1) is 30.5 Å². The second-order valence-corrected chi connectivity index (χ2v) is 10.0. The molecule has 1 amide bonds. The molecule has 0 aliphatic heterocycles. The Morgan fingerprint density at radius 2 is 1.56 bits per heavy atom. The number of amides is 1. The number of anilines is 1. The highest BCUT2D eigenvalue weighted by molar-refractivity contribution is 7.92. The van der Waals surface area contributed by atoms with Crippen LogP contribution in [0.4, 0.5) is 5.69 Å². The number of ether oxygens (including phenoxy) is 2. The lowest BCUT2D eigenvalue weighted by atomic mass is 10.1. The molecule has 9 heteroatoms. The normalized spacial score (nSPS) is 11.6. The number of rotatable bonds is 10. The van der Waals surface area contributed by atoms with Gasteiger partial charge >= 0.3 is 0 Å². The smallest absolute Gasteiger partial charge is 0.264 e. The zero-order chi connectivity index (χ0) is 26.3. The fraction of sp³-hybridized carbons (Fsp3) is 0.259. The summed E-state index contributed by atoms with van der Waals surface area (Å²) in [7, 11) is -0.906. The molecule has 8 nitrogen and oxygen atoms in total. The van der Waals surface area contributed by atoms with Gasteiger partial charge in [0, 0.05) is 5.56 Å². The van der Waals surface area contributed by atoms with Crippen LogP contribution in [0, 0.1) is 13.8 Å². The van der Waals surface area contributed by atoms with Gasteiger partial charge in [0.1, 0.15) is 6.54 Å². The molecule has 3 rings (SSSR count). The quantitative estimate of drug-likeness (QED) is 0.322. The molecular weight excluding hydrogens is 478 g/mol. The van der Waals surface area contributed by atoms with Crippen LogP contribution >= 0.6 is 0 Å².